The highest BCUT2D eigenvalue weighted by atomic mass is 35.5. The molecule has 0 fully saturated rings. The third-order valence-electron chi connectivity index (χ3n) is 0.736. The minimum Gasteiger partial charge on any atom is -0.389 e. The van der Waals surface area contributed by atoms with Gasteiger partial charge in [0.1, 0.15) is 0 Å². The number of halogens is 1. The van der Waals surface area contributed by atoms with Gasteiger partial charge in [0.25, 0.3) is 0 Å². The average molecular weight is 125 g/mol. The van der Waals surface area contributed by atoms with E-state index in [1.807, 2.05) is 0 Å². The summed E-state index contributed by atoms with van der Waals surface area (Å²) >= 11 is 5.03. The summed E-state index contributed by atoms with van der Waals surface area (Å²) in [7, 11) is 0. The van der Waals surface area contributed by atoms with Crippen LogP contribution in [-0.2, 0) is 0 Å². The van der Waals surface area contributed by atoms with Crippen LogP contribution in [0.2, 0.25) is 0 Å². The van der Waals surface area contributed by atoms with Gasteiger partial charge in [-0.05, 0) is 6.42 Å². The summed E-state index contributed by atoms with van der Waals surface area (Å²) in [6.07, 6.45) is -0.285. The highest BCUT2D eigenvalue weighted by Gasteiger charge is 2.07. The van der Waals surface area contributed by atoms with Crippen molar-refractivity contribution in [2.45, 2.75) is 25.0 Å². The van der Waals surface area contributed by atoms with Gasteiger partial charge < -0.3 is 10.2 Å². The second kappa shape index (κ2) is 3.24. The molecule has 0 aromatic heterocycles. The zero-order valence-corrected chi connectivity index (χ0v) is 4.89. The summed E-state index contributed by atoms with van der Waals surface area (Å²) in [5.41, 5.74) is -1.11. The van der Waals surface area contributed by atoms with Gasteiger partial charge in [0.15, 0.2) is 5.56 Å². The fraction of sp³-hybridized carbons (Fsp3) is 1.00. The molecule has 2 N–H and O–H groups in total. The molecule has 0 aromatic carbocycles. The van der Waals surface area contributed by atoms with Gasteiger partial charge in [-0.25, -0.2) is 0 Å². The first-order chi connectivity index (χ1) is 3.18. The SMILES string of the molecule is CCC(O)C(O)Cl. The molecule has 0 spiro atoms. The molecule has 0 aliphatic heterocycles. The Bertz CT molecular complexity index is 47.0. The number of alkyl halides is 1. The fourth-order valence-electron chi connectivity index (χ4n) is 0.194. The molecule has 0 saturated heterocycles. The lowest BCUT2D eigenvalue weighted by atomic mass is 10.3. The van der Waals surface area contributed by atoms with Crippen molar-refractivity contribution in [1.29, 1.82) is 0 Å². The van der Waals surface area contributed by atoms with Gasteiger partial charge in [-0.1, -0.05) is 18.5 Å². The van der Waals surface area contributed by atoms with E-state index < -0.39 is 11.7 Å². The summed E-state index contributed by atoms with van der Waals surface area (Å²) in [6, 6.07) is 0. The number of hydrogen-bond acceptors (Lipinski definition) is 2. The summed E-state index contributed by atoms with van der Waals surface area (Å²) < 4.78 is 0. The number of rotatable bonds is 2. The van der Waals surface area contributed by atoms with Gasteiger partial charge in [-0.3, -0.25) is 0 Å². The van der Waals surface area contributed by atoms with Crippen LogP contribution < -0.4 is 0 Å². The fourth-order valence-corrected chi connectivity index (χ4v) is 0.373. The maximum atomic E-state index is 8.55. The van der Waals surface area contributed by atoms with Crippen LogP contribution in [0.25, 0.3) is 0 Å². The molecule has 2 unspecified atom stereocenters. The van der Waals surface area contributed by atoms with Gasteiger partial charge in [0.2, 0.25) is 0 Å². The van der Waals surface area contributed by atoms with E-state index in [1.54, 1.807) is 6.92 Å². The van der Waals surface area contributed by atoms with Crippen molar-refractivity contribution in [1.82, 2.24) is 0 Å². The maximum absolute atomic E-state index is 8.55. The Hall–Kier alpha value is 0.210. The van der Waals surface area contributed by atoms with Crippen molar-refractivity contribution in [3.8, 4) is 0 Å². The molecule has 2 nitrogen and oxygen atoms in total. The number of aliphatic hydroxyl groups excluding tert-OH is 2. The first kappa shape index (κ1) is 7.21. The molecule has 0 radical (unpaired) electrons. The van der Waals surface area contributed by atoms with Crippen molar-refractivity contribution in [3.63, 3.8) is 0 Å². The molecule has 0 rings (SSSR count). The molecule has 0 aliphatic rings. The molecule has 0 heterocycles. The van der Waals surface area contributed by atoms with E-state index in [-0.39, 0.29) is 0 Å². The Balaban J connectivity index is 3.14. The summed E-state index contributed by atoms with van der Waals surface area (Å²) in [6.45, 7) is 1.75. The topological polar surface area (TPSA) is 40.5 Å². The normalized spacial score (nSPS) is 18.9. The van der Waals surface area contributed by atoms with Crippen molar-refractivity contribution >= 4 is 11.6 Å². The second-order valence-electron chi connectivity index (χ2n) is 1.35. The Kier molecular flexibility index (Phi) is 3.34. The van der Waals surface area contributed by atoms with Crippen LogP contribution >= 0.6 is 11.6 Å². The van der Waals surface area contributed by atoms with Crippen molar-refractivity contribution in [2.75, 3.05) is 0 Å². The Morgan fingerprint density at radius 2 is 2.00 bits per heavy atom. The van der Waals surface area contributed by atoms with Crippen LogP contribution in [0.5, 0.6) is 0 Å². The van der Waals surface area contributed by atoms with Crippen LogP contribution in [-0.4, -0.2) is 21.9 Å². The molecular formula is C4H9ClO2. The van der Waals surface area contributed by atoms with Crippen LogP contribution in [0.1, 0.15) is 13.3 Å². The lowest BCUT2D eigenvalue weighted by Crippen LogP contribution is -2.18. The molecule has 0 amide bonds. The zero-order chi connectivity index (χ0) is 5.86. The van der Waals surface area contributed by atoms with Crippen molar-refractivity contribution in [3.05, 3.63) is 0 Å². The van der Waals surface area contributed by atoms with E-state index in [0.29, 0.717) is 6.42 Å². The third-order valence-corrected chi connectivity index (χ3v) is 1.03. The smallest absolute Gasteiger partial charge is 0.153 e. The molecule has 0 aromatic rings. The lowest BCUT2D eigenvalue weighted by Gasteiger charge is -2.06. The molecule has 3 heteroatoms. The van der Waals surface area contributed by atoms with Gasteiger partial charge in [-0.2, -0.15) is 0 Å². The summed E-state index contributed by atoms with van der Waals surface area (Å²) in [4.78, 5) is 0. The second-order valence-corrected chi connectivity index (χ2v) is 1.80. The molecule has 7 heavy (non-hydrogen) atoms. The predicted molar refractivity (Wildman–Crippen MR) is 28.2 cm³/mol. The van der Waals surface area contributed by atoms with Gasteiger partial charge in [0.05, 0.1) is 6.10 Å². The monoisotopic (exact) mass is 124 g/mol. The third kappa shape index (κ3) is 2.85. The molecular weight excluding hydrogens is 115 g/mol. The zero-order valence-electron chi connectivity index (χ0n) is 4.13. The molecule has 0 aliphatic carbocycles. The van der Waals surface area contributed by atoms with E-state index in [2.05, 4.69) is 0 Å². The first-order valence-electron chi connectivity index (χ1n) is 2.18. The Labute approximate surface area is 47.7 Å². The van der Waals surface area contributed by atoms with Crippen molar-refractivity contribution in [2.24, 2.45) is 0 Å². The van der Waals surface area contributed by atoms with E-state index in [9.17, 15) is 0 Å². The average Bonchev–Trinajstić information content (AvgIpc) is 1.65. The standard InChI is InChI=1S/C4H9ClO2/c1-2-3(6)4(5)7/h3-4,6-7H,2H2,1H3. The maximum Gasteiger partial charge on any atom is 0.153 e. The van der Waals surface area contributed by atoms with Crippen LogP contribution in [0, 0.1) is 0 Å². The highest BCUT2D eigenvalue weighted by Crippen LogP contribution is 2.00. The Morgan fingerprint density at radius 3 is 2.00 bits per heavy atom. The minimum atomic E-state index is -1.11. The highest BCUT2D eigenvalue weighted by molar-refractivity contribution is 6.19. The molecule has 0 bridgehead atoms. The van der Waals surface area contributed by atoms with E-state index in [1.165, 1.54) is 0 Å². The van der Waals surface area contributed by atoms with Gasteiger partial charge in [0, 0.05) is 0 Å². The predicted octanol–water partition coefficient (Wildman–Crippen LogP) is 0.315. The van der Waals surface area contributed by atoms with Crippen LogP contribution in [0.4, 0.5) is 0 Å². The Morgan fingerprint density at radius 1 is 1.57 bits per heavy atom. The number of hydrogen-bond donors (Lipinski definition) is 2. The van der Waals surface area contributed by atoms with Gasteiger partial charge >= 0.3 is 0 Å². The summed E-state index contributed by atoms with van der Waals surface area (Å²) in [5.74, 6) is 0. The van der Waals surface area contributed by atoms with E-state index in [4.69, 9.17) is 21.8 Å². The quantitative estimate of drug-likeness (QED) is 0.521. The lowest BCUT2D eigenvalue weighted by molar-refractivity contribution is 0.0664. The van der Waals surface area contributed by atoms with Crippen LogP contribution in [0.3, 0.4) is 0 Å². The molecule has 0 saturated carbocycles. The molecule has 2 atom stereocenters. The first-order valence-corrected chi connectivity index (χ1v) is 2.62. The van der Waals surface area contributed by atoms with Gasteiger partial charge in [-0.15, -0.1) is 0 Å². The number of aliphatic hydroxyl groups is 2. The summed E-state index contributed by atoms with van der Waals surface area (Å²) in [5, 5.41) is 16.9. The van der Waals surface area contributed by atoms with Crippen LogP contribution in [0.15, 0.2) is 0 Å². The van der Waals surface area contributed by atoms with E-state index >= 15 is 0 Å². The largest absolute Gasteiger partial charge is 0.389 e. The minimum absolute atomic E-state index is 0.491. The molecule has 44 valence electrons. The van der Waals surface area contributed by atoms with Crippen molar-refractivity contribution < 1.29 is 10.2 Å². The van der Waals surface area contributed by atoms with E-state index in [0.717, 1.165) is 0 Å².